The molecule has 0 radical (unpaired) electrons. The minimum Gasteiger partial charge on any atom is -0.349 e. The molecule has 8 nitrogen and oxygen atoms in total. The van der Waals surface area contributed by atoms with Gasteiger partial charge in [-0.25, -0.2) is 9.78 Å². The van der Waals surface area contributed by atoms with E-state index in [-0.39, 0.29) is 17.6 Å². The Morgan fingerprint density at radius 1 is 1.03 bits per heavy atom. The maximum Gasteiger partial charge on any atom is 0.335 e. The molecule has 0 bridgehead atoms. The summed E-state index contributed by atoms with van der Waals surface area (Å²) in [5.41, 5.74) is 4.10. The van der Waals surface area contributed by atoms with Gasteiger partial charge >= 0.3 is 5.69 Å². The van der Waals surface area contributed by atoms with Crippen LogP contribution >= 0.6 is 11.6 Å². The minimum atomic E-state index is -0.145. The number of fused-ring (bicyclic) bond motifs is 2. The van der Waals surface area contributed by atoms with Crippen LogP contribution in [-0.4, -0.2) is 36.0 Å². The second-order valence-corrected chi connectivity index (χ2v) is 10.4. The van der Waals surface area contributed by atoms with Crippen LogP contribution in [0.3, 0.4) is 0 Å². The van der Waals surface area contributed by atoms with Crippen molar-refractivity contribution in [3.8, 4) is 5.69 Å². The highest BCUT2D eigenvalue weighted by molar-refractivity contribution is 6.30. The standard InChI is InChI=1S/C29H27ClN6O2/c1-18-24(14-21(30)15-32-18)28(37)34-22-10-8-19(9-11-22)17-35-27-26(7-4-12-31-27)36(29(35)38)23-13-20-5-2-3-6-25(20)33-16-23/h2-7,12-16,19,22H,8-11,17H2,1H3,(H,34,37). The van der Waals surface area contributed by atoms with Gasteiger partial charge in [0.1, 0.15) is 0 Å². The second kappa shape index (κ2) is 10.0. The average Bonchev–Trinajstić information content (AvgIpc) is 3.21. The number of para-hydroxylation sites is 1. The number of aryl methyl sites for hydroxylation is 1. The Hall–Kier alpha value is -4.04. The van der Waals surface area contributed by atoms with Crippen LogP contribution in [0.5, 0.6) is 0 Å². The molecule has 0 aliphatic heterocycles. The number of benzene rings is 1. The predicted octanol–water partition coefficient (Wildman–Crippen LogP) is 5.08. The number of halogens is 1. The van der Waals surface area contributed by atoms with E-state index in [2.05, 4.69) is 20.3 Å². The molecule has 1 saturated carbocycles. The van der Waals surface area contributed by atoms with Gasteiger partial charge < -0.3 is 5.32 Å². The summed E-state index contributed by atoms with van der Waals surface area (Å²) in [4.78, 5) is 39.8. The van der Waals surface area contributed by atoms with E-state index < -0.39 is 0 Å². The quantitative estimate of drug-likeness (QED) is 0.344. The number of amides is 1. The molecule has 5 aromatic rings. The average molecular weight is 527 g/mol. The highest BCUT2D eigenvalue weighted by atomic mass is 35.5. The number of hydrogen-bond donors (Lipinski definition) is 1. The Kier molecular flexibility index (Phi) is 6.41. The van der Waals surface area contributed by atoms with Gasteiger partial charge in [0, 0.05) is 30.4 Å². The van der Waals surface area contributed by atoms with E-state index in [1.807, 2.05) is 42.5 Å². The van der Waals surface area contributed by atoms with E-state index in [1.165, 1.54) is 0 Å². The van der Waals surface area contributed by atoms with Crippen LogP contribution in [0.25, 0.3) is 27.8 Å². The number of aromatic nitrogens is 5. The van der Waals surface area contributed by atoms with E-state index in [4.69, 9.17) is 11.6 Å². The van der Waals surface area contributed by atoms with E-state index in [9.17, 15) is 9.59 Å². The van der Waals surface area contributed by atoms with Crippen molar-refractivity contribution in [3.63, 3.8) is 0 Å². The lowest BCUT2D eigenvalue weighted by molar-refractivity contribution is 0.0919. The van der Waals surface area contributed by atoms with Gasteiger partial charge in [-0.2, -0.15) is 0 Å². The van der Waals surface area contributed by atoms with Gasteiger partial charge in [-0.15, -0.1) is 0 Å². The summed E-state index contributed by atoms with van der Waals surface area (Å²) in [6, 6.07) is 15.4. The lowest BCUT2D eigenvalue weighted by Crippen LogP contribution is -2.39. The number of carbonyl (C=O) groups excluding carboxylic acids is 1. The summed E-state index contributed by atoms with van der Waals surface area (Å²) in [5.74, 6) is 0.166. The maximum atomic E-state index is 13.7. The Labute approximate surface area is 224 Å². The molecule has 1 N–H and O–H groups in total. The smallest absolute Gasteiger partial charge is 0.335 e. The maximum absolute atomic E-state index is 13.7. The van der Waals surface area contributed by atoms with Crippen molar-refractivity contribution in [2.75, 3.05) is 0 Å². The van der Waals surface area contributed by atoms with Gasteiger partial charge in [0.05, 0.1) is 39.2 Å². The lowest BCUT2D eigenvalue weighted by atomic mass is 9.86. The molecule has 0 spiro atoms. The Balaban J connectivity index is 1.21. The molecule has 1 fully saturated rings. The van der Waals surface area contributed by atoms with Crippen molar-refractivity contribution < 1.29 is 4.79 Å². The molecule has 38 heavy (non-hydrogen) atoms. The van der Waals surface area contributed by atoms with Crippen molar-refractivity contribution in [3.05, 3.63) is 93.9 Å². The van der Waals surface area contributed by atoms with Crippen LogP contribution in [0.15, 0.2) is 71.9 Å². The first-order valence-electron chi connectivity index (χ1n) is 12.8. The van der Waals surface area contributed by atoms with Crippen LogP contribution in [-0.2, 0) is 6.54 Å². The number of carbonyl (C=O) groups is 1. The molecule has 1 aliphatic rings. The summed E-state index contributed by atoms with van der Waals surface area (Å²) < 4.78 is 3.49. The zero-order chi connectivity index (χ0) is 26.2. The first-order valence-corrected chi connectivity index (χ1v) is 13.2. The molecule has 0 unspecified atom stereocenters. The first-order chi connectivity index (χ1) is 18.5. The van der Waals surface area contributed by atoms with Crippen molar-refractivity contribution in [1.29, 1.82) is 0 Å². The van der Waals surface area contributed by atoms with Crippen molar-refractivity contribution in [2.24, 2.45) is 5.92 Å². The number of nitrogens with zero attached hydrogens (tertiary/aromatic N) is 5. The molecular weight excluding hydrogens is 500 g/mol. The van der Waals surface area contributed by atoms with Gasteiger partial charge in [0.2, 0.25) is 0 Å². The van der Waals surface area contributed by atoms with Crippen LogP contribution in [0, 0.1) is 12.8 Å². The normalized spacial score (nSPS) is 17.6. The third kappa shape index (κ3) is 4.56. The monoisotopic (exact) mass is 526 g/mol. The summed E-state index contributed by atoms with van der Waals surface area (Å²) >= 11 is 6.04. The fraction of sp³-hybridized carbons (Fsp3) is 0.276. The SMILES string of the molecule is Cc1ncc(Cl)cc1C(=O)NC1CCC(Cn2c(=O)n(-c3cnc4ccccc4c3)c3cccnc32)CC1. The van der Waals surface area contributed by atoms with E-state index >= 15 is 0 Å². The molecule has 0 saturated heterocycles. The van der Waals surface area contributed by atoms with Gasteiger partial charge in [-0.3, -0.25) is 23.9 Å². The van der Waals surface area contributed by atoms with Crippen molar-refractivity contribution >= 4 is 39.6 Å². The molecule has 6 rings (SSSR count). The third-order valence-electron chi connectivity index (χ3n) is 7.44. The molecule has 1 aromatic carbocycles. The largest absolute Gasteiger partial charge is 0.349 e. The Morgan fingerprint density at radius 2 is 1.84 bits per heavy atom. The fourth-order valence-corrected chi connectivity index (χ4v) is 5.59. The molecule has 9 heteroatoms. The molecule has 4 aromatic heterocycles. The number of hydrogen-bond acceptors (Lipinski definition) is 5. The van der Waals surface area contributed by atoms with Gasteiger partial charge in [0.15, 0.2) is 5.65 Å². The molecule has 192 valence electrons. The third-order valence-corrected chi connectivity index (χ3v) is 7.65. The predicted molar refractivity (Wildman–Crippen MR) is 148 cm³/mol. The summed E-state index contributed by atoms with van der Waals surface area (Å²) in [6.07, 6.45) is 8.51. The topological polar surface area (TPSA) is 94.7 Å². The van der Waals surface area contributed by atoms with Gasteiger partial charge in [-0.05, 0) is 68.9 Å². The minimum absolute atomic E-state index is 0.0806. The van der Waals surface area contributed by atoms with Crippen molar-refractivity contribution in [2.45, 2.75) is 45.2 Å². The number of pyridine rings is 3. The first kappa shape index (κ1) is 24.3. The zero-order valence-electron chi connectivity index (χ0n) is 21.0. The Morgan fingerprint density at radius 3 is 2.68 bits per heavy atom. The highest BCUT2D eigenvalue weighted by Crippen LogP contribution is 2.28. The van der Waals surface area contributed by atoms with Crippen LogP contribution in [0.4, 0.5) is 0 Å². The van der Waals surface area contributed by atoms with E-state index in [0.29, 0.717) is 34.4 Å². The molecule has 1 amide bonds. The molecule has 0 atom stereocenters. The molecule has 1 aliphatic carbocycles. The number of imidazole rings is 1. The lowest BCUT2D eigenvalue weighted by Gasteiger charge is -2.29. The van der Waals surface area contributed by atoms with Crippen molar-refractivity contribution in [1.82, 2.24) is 29.4 Å². The number of rotatable bonds is 5. The highest BCUT2D eigenvalue weighted by Gasteiger charge is 2.26. The zero-order valence-corrected chi connectivity index (χ0v) is 21.7. The molecule has 4 heterocycles. The summed E-state index contributed by atoms with van der Waals surface area (Å²) in [5, 5.41) is 4.56. The van der Waals surface area contributed by atoms with Gasteiger partial charge in [0.25, 0.3) is 5.91 Å². The fourth-order valence-electron chi connectivity index (χ4n) is 5.43. The number of nitrogens with one attached hydrogen (secondary N) is 1. The van der Waals surface area contributed by atoms with Crippen LogP contribution < -0.4 is 11.0 Å². The van der Waals surface area contributed by atoms with E-state index in [0.717, 1.165) is 47.8 Å². The molecular formula is C29H27ClN6O2. The summed E-state index contributed by atoms with van der Waals surface area (Å²) in [7, 11) is 0. The van der Waals surface area contributed by atoms with E-state index in [1.54, 1.807) is 40.7 Å². The second-order valence-electron chi connectivity index (χ2n) is 9.94. The van der Waals surface area contributed by atoms with Gasteiger partial charge in [-0.1, -0.05) is 29.8 Å². The van der Waals surface area contributed by atoms with Crippen LogP contribution in [0.2, 0.25) is 5.02 Å². The Bertz CT molecular complexity index is 1720. The summed E-state index contributed by atoms with van der Waals surface area (Å²) in [6.45, 7) is 2.39. The van der Waals surface area contributed by atoms with Crippen LogP contribution in [0.1, 0.15) is 41.7 Å².